The first-order chi connectivity index (χ1) is 15.2. The van der Waals surface area contributed by atoms with Crippen molar-refractivity contribution in [3.8, 4) is 33.8 Å². The molecule has 0 unspecified atom stereocenters. The monoisotopic (exact) mass is 409 g/mol. The van der Waals surface area contributed by atoms with E-state index in [4.69, 9.17) is 0 Å². The van der Waals surface area contributed by atoms with Gasteiger partial charge in [0.1, 0.15) is 11.5 Å². The van der Waals surface area contributed by atoms with Gasteiger partial charge in [0.25, 0.3) is 0 Å². The second kappa shape index (κ2) is 6.60. The molecule has 31 heavy (non-hydrogen) atoms. The Kier molecular flexibility index (Phi) is 3.73. The van der Waals surface area contributed by atoms with Crippen molar-refractivity contribution < 1.29 is 4.39 Å². The van der Waals surface area contributed by atoms with E-state index < -0.39 is 0 Å². The third kappa shape index (κ3) is 2.88. The Morgan fingerprint density at radius 2 is 1.90 bits per heavy atom. The van der Waals surface area contributed by atoms with E-state index in [1.165, 1.54) is 12.1 Å². The maximum atomic E-state index is 14.0. The summed E-state index contributed by atoms with van der Waals surface area (Å²) in [4.78, 5) is 12.4. The lowest BCUT2D eigenvalue weighted by Gasteiger charge is -2.04. The number of benzene rings is 2. The maximum absolute atomic E-state index is 14.0. The Bertz CT molecular complexity index is 1540. The number of nitrogens with one attached hydrogen (secondary N) is 3. The van der Waals surface area contributed by atoms with Crippen LogP contribution in [0.2, 0.25) is 0 Å². The number of hydrogen-bond donors (Lipinski definition) is 3. The number of pyridine rings is 1. The van der Waals surface area contributed by atoms with Crippen molar-refractivity contribution in [3.05, 3.63) is 72.4 Å². The topological polar surface area (TPSA) is 98.9 Å². The molecular formula is C23H16FN7. The van der Waals surface area contributed by atoms with Crippen LogP contribution in [-0.2, 0) is 0 Å². The van der Waals surface area contributed by atoms with Crippen molar-refractivity contribution in [2.75, 3.05) is 0 Å². The van der Waals surface area contributed by atoms with Crippen molar-refractivity contribution in [2.45, 2.75) is 6.92 Å². The molecule has 4 aromatic heterocycles. The molecule has 2 aromatic carbocycles. The largest absolute Gasteiger partial charge is 0.335 e. The van der Waals surface area contributed by atoms with Crippen LogP contribution >= 0.6 is 0 Å². The lowest BCUT2D eigenvalue weighted by Crippen LogP contribution is -1.86. The first-order valence-electron chi connectivity index (χ1n) is 9.76. The summed E-state index contributed by atoms with van der Waals surface area (Å²) in [6, 6.07) is 12.9. The van der Waals surface area contributed by atoms with Gasteiger partial charge in [-0.1, -0.05) is 12.1 Å². The molecule has 4 heterocycles. The van der Waals surface area contributed by atoms with Gasteiger partial charge >= 0.3 is 0 Å². The van der Waals surface area contributed by atoms with Gasteiger partial charge in [0.2, 0.25) is 0 Å². The maximum Gasteiger partial charge on any atom is 0.178 e. The highest BCUT2D eigenvalue weighted by Crippen LogP contribution is 2.32. The Hall–Kier alpha value is -4.33. The highest BCUT2D eigenvalue weighted by atomic mass is 19.1. The minimum Gasteiger partial charge on any atom is -0.335 e. The van der Waals surface area contributed by atoms with E-state index in [9.17, 15) is 4.39 Å². The molecule has 150 valence electrons. The van der Waals surface area contributed by atoms with Crippen molar-refractivity contribution >= 4 is 22.1 Å². The lowest BCUT2D eigenvalue weighted by molar-refractivity contribution is 0.627. The fourth-order valence-electron chi connectivity index (χ4n) is 3.94. The summed E-state index contributed by atoms with van der Waals surface area (Å²) in [6.45, 7) is 1.87. The molecule has 0 bridgehead atoms. The molecule has 7 nitrogen and oxygen atoms in total. The third-order valence-electron chi connectivity index (χ3n) is 5.36. The minimum atomic E-state index is -0.273. The second-order valence-corrected chi connectivity index (χ2v) is 7.48. The summed E-state index contributed by atoms with van der Waals surface area (Å²) in [7, 11) is 0. The second-order valence-electron chi connectivity index (χ2n) is 7.48. The SMILES string of the molecule is Cc1cc(F)cc(-c2ccnc3nc(-c4n[nH]c5ccc(-c6cn[nH]c6)cc45)[nH]c23)c1. The van der Waals surface area contributed by atoms with Gasteiger partial charge in [0, 0.05) is 28.9 Å². The highest BCUT2D eigenvalue weighted by molar-refractivity contribution is 5.97. The summed E-state index contributed by atoms with van der Waals surface area (Å²) >= 11 is 0. The molecule has 8 heteroatoms. The van der Waals surface area contributed by atoms with Gasteiger partial charge in [-0.15, -0.1) is 0 Å². The molecule has 0 radical (unpaired) electrons. The van der Waals surface area contributed by atoms with Crippen molar-refractivity contribution in [1.82, 2.24) is 35.3 Å². The highest BCUT2D eigenvalue weighted by Gasteiger charge is 2.16. The minimum absolute atomic E-state index is 0.273. The van der Waals surface area contributed by atoms with Crippen LogP contribution in [0.5, 0.6) is 0 Å². The number of rotatable bonds is 3. The van der Waals surface area contributed by atoms with Crippen LogP contribution in [0.3, 0.4) is 0 Å². The summed E-state index contributed by atoms with van der Waals surface area (Å²) in [5.74, 6) is 0.323. The molecule has 0 saturated heterocycles. The van der Waals surface area contributed by atoms with Gasteiger partial charge in [-0.25, -0.2) is 14.4 Å². The normalized spacial score (nSPS) is 11.5. The quantitative estimate of drug-likeness (QED) is 0.383. The number of aromatic amines is 3. The zero-order valence-corrected chi connectivity index (χ0v) is 16.4. The number of halogens is 1. The van der Waals surface area contributed by atoms with Crippen molar-refractivity contribution in [2.24, 2.45) is 0 Å². The van der Waals surface area contributed by atoms with Gasteiger partial charge in [0.15, 0.2) is 11.5 Å². The molecule has 0 aliphatic rings. The number of imidazole rings is 1. The standard InChI is InChI=1S/C23H16FN7/c1-12-6-14(8-16(24)7-12)17-4-5-25-22-20(17)28-23(29-22)21-18-9-13(15-10-26-27-11-15)2-3-19(18)30-31-21/h2-11H,1H3,(H,26,27)(H,30,31)(H,25,28,29). The predicted octanol–water partition coefficient (Wildman–Crippen LogP) is 5.01. The Balaban J connectivity index is 1.53. The molecule has 3 N–H and O–H groups in total. The lowest BCUT2D eigenvalue weighted by atomic mass is 10.0. The van der Waals surface area contributed by atoms with E-state index >= 15 is 0 Å². The fourth-order valence-corrected chi connectivity index (χ4v) is 3.94. The number of aryl methyl sites for hydroxylation is 1. The number of hydrogen-bond acceptors (Lipinski definition) is 4. The van der Waals surface area contributed by atoms with Crippen LogP contribution in [-0.4, -0.2) is 35.3 Å². The third-order valence-corrected chi connectivity index (χ3v) is 5.36. The van der Waals surface area contributed by atoms with Crippen LogP contribution in [0.4, 0.5) is 4.39 Å². The van der Waals surface area contributed by atoms with Crippen LogP contribution in [0.1, 0.15) is 5.56 Å². The first-order valence-corrected chi connectivity index (χ1v) is 9.76. The first kappa shape index (κ1) is 17.5. The van der Waals surface area contributed by atoms with E-state index in [-0.39, 0.29) is 5.82 Å². The van der Waals surface area contributed by atoms with E-state index in [1.807, 2.05) is 37.4 Å². The molecule has 0 saturated carbocycles. The van der Waals surface area contributed by atoms with Crippen molar-refractivity contribution in [1.29, 1.82) is 0 Å². The van der Waals surface area contributed by atoms with Crippen LogP contribution < -0.4 is 0 Å². The predicted molar refractivity (Wildman–Crippen MR) is 117 cm³/mol. The van der Waals surface area contributed by atoms with E-state index in [1.54, 1.807) is 12.4 Å². The smallest absolute Gasteiger partial charge is 0.178 e. The average molecular weight is 409 g/mol. The van der Waals surface area contributed by atoms with E-state index in [0.29, 0.717) is 17.2 Å². The zero-order chi connectivity index (χ0) is 20.9. The van der Waals surface area contributed by atoms with E-state index in [2.05, 4.69) is 41.4 Å². The Labute approximate surface area is 175 Å². The molecule has 6 aromatic rings. The summed E-state index contributed by atoms with van der Waals surface area (Å²) < 4.78 is 14.0. The van der Waals surface area contributed by atoms with Gasteiger partial charge in [-0.2, -0.15) is 10.2 Å². The number of H-pyrrole nitrogens is 3. The molecule has 0 atom stereocenters. The van der Waals surface area contributed by atoms with Crippen LogP contribution in [0, 0.1) is 12.7 Å². The van der Waals surface area contributed by atoms with Crippen LogP contribution in [0.25, 0.3) is 55.8 Å². The molecule has 0 aliphatic carbocycles. The molecule has 0 amide bonds. The number of nitrogens with zero attached hydrogens (tertiary/aromatic N) is 4. The van der Waals surface area contributed by atoms with Crippen molar-refractivity contribution in [3.63, 3.8) is 0 Å². The molecule has 6 rings (SSSR count). The molecular weight excluding hydrogens is 393 g/mol. The Morgan fingerprint density at radius 3 is 2.74 bits per heavy atom. The summed E-state index contributed by atoms with van der Waals surface area (Å²) in [5, 5.41) is 15.3. The van der Waals surface area contributed by atoms with E-state index in [0.717, 1.165) is 44.2 Å². The van der Waals surface area contributed by atoms with Gasteiger partial charge in [-0.05, 0) is 53.9 Å². The average Bonchev–Trinajstić information content (AvgIpc) is 3.50. The Morgan fingerprint density at radius 1 is 0.968 bits per heavy atom. The number of aromatic nitrogens is 7. The molecule has 0 spiro atoms. The summed E-state index contributed by atoms with van der Waals surface area (Å²) in [5.41, 5.74) is 7.36. The molecule has 0 fully saturated rings. The van der Waals surface area contributed by atoms with Crippen LogP contribution in [0.15, 0.2) is 61.1 Å². The summed E-state index contributed by atoms with van der Waals surface area (Å²) in [6.07, 6.45) is 5.31. The zero-order valence-electron chi connectivity index (χ0n) is 16.4. The molecule has 0 aliphatic heterocycles. The fraction of sp³-hybridized carbons (Fsp3) is 0.0435. The number of fused-ring (bicyclic) bond motifs is 2. The van der Waals surface area contributed by atoms with Gasteiger partial charge in [-0.3, -0.25) is 10.2 Å². The van der Waals surface area contributed by atoms with Gasteiger partial charge < -0.3 is 4.98 Å². The van der Waals surface area contributed by atoms with Gasteiger partial charge in [0.05, 0.1) is 17.2 Å².